The molecule has 0 radical (unpaired) electrons. The third-order valence-corrected chi connectivity index (χ3v) is 19.2. The van der Waals surface area contributed by atoms with E-state index in [1.807, 2.05) is 31.2 Å². The molecule has 14 heteroatoms. The number of para-hydroxylation sites is 7. The van der Waals surface area contributed by atoms with Crippen molar-refractivity contribution >= 4 is 136 Å². The van der Waals surface area contributed by atoms with Gasteiger partial charge >= 0.3 is 0 Å². The van der Waals surface area contributed by atoms with Crippen LogP contribution in [0.25, 0.3) is 82.5 Å². The highest BCUT2D eigenvalue weighted by molar-refractivity contribution is 7.99. The molecule has 15 aromatic rings. The second kappa shape index (κ2) is 23.7. The van der Waals surface area contributed by atoms with Gasteiger partial charge in [0.05, 0.1) is 61.7 Å². The number of hydrogen-bond donors (Lipinski definition) is 2. The summed E-state index contributed by atoms with van der Waals surface area (Å²) < 4.78 is 35.5. The lowest BCUT2D eigenvalue weighted by molar-refractivity contribution is 0.463. The highest BCUT2D eigenvalue weighted by atomic mass is 32.2. The van der Waals surface area contributed by atoms with Gasteiger partial charge in [-0.15, -0.1) is 19.4 Å². The number of aromatic nitrogens is 3. The van der Waals surface area contributed by atoms with E-state index in [4.69, 9.17) is 18.9 Å². The molecule has 0 atom stereocenters. The van der Waals surface area contributed by atoms with Crippen molar-refractivity contribution in [1.29, 1.82) is 10.5 Å². The summed E-state index contributed by atoms with van der Waals surface area (Å²) in [6, 6.07) is 87.0. The average molecular weight is 1260 g/mol. The zero-order valence-corrected chi connectivity index (χ0v) is 53.0. The number of allylic oxidation sites excluding steroid dienone is 3. The van der Waals surface area contributed by atoms with E-state index in [0.717, 1.165) is 171 Å². The van der Waals surface area contributed by atoms with E-state index in [9.17, 15) is 10.5 Å². The topological polar surface area (TPSA) is 125 Å². The number of nitrogens with zero attached hydrogens (tertiary/aromatic N) is 5. The Labute approximate surface area is 558 Å². The molecule has 0 fully saturated rings. The number of nitrogens with two attached hydrogens (primary N) is 1. The average Bonchev–Trinajstić information content (AvgIpc) is 1.52. The first-order chi connectivity index (χ1) is 46.9. The number of benzene rings is 12. The third kappa shape index (κ3) is 9.10. The Morgan fingerprint density at radius 3 is 1.09 bits per heavy atom. The maximum Gasteiger partial charge on any atom is 0.260 e. The molecule has 0 saturated heterocycles. The maximum absolute atomic E-state index is 10.1. The molecule has 0 spiro atoms. The summed E-state index contributed by atoms with van der Waals surface area (Å²) >= 11 is 4.51. The lowest BCUT2D eigenvalue weighted by atomic mass is 9.35. The number of thiol groups is 1. The zero-order chi connectivity index (χ0) is 64.6. The first-order valence-corrected chi connectivity index (χ1v) is 32.4. The van der Waals surface area contributed by atoms with E-state index in [0.29, 0.717) is 11.1 Å². The van der Waals surface area contributed by atoms with Gasteiger partial charge in [0.1, 0.15) is 52.1 Å². The van der Waals surface area contributed by atoms with Crippen LogP contribution in [0.5, 0.6) is 46.0 Å². The number of ether oxygens (including phenoxy) is 4. The maximum atomic E-state index is 10.1. The number of fused-ring (bicyclic) bond motifs is 20. The van der Waals surface area contributed by atoms with Crippen LogP contribution in [-0.2, 0) is 0 Å². The van der Waals surface area contributed by atoms with Crippen LogP contribution in [0.3, 0.4) is 0 Å². The highest BCUT2D eigenvalue weighted by Gasteiger charge is 2.43. The number of rotatable bonds is 6. The van der Waals surface area contributed by atoms with Gasteiger partial charge in [-0.05, 0) is 114 Å². The van der Waals surface area contributed by atoms with Crippen molar-refractivity contribution < 1.29 is 18.9 Å². The van der Waals surface area contributed by atoms with Gasteiger partial charge in [0, 0.05) is 83.0 Å². The molecule has 0 unspecified atom stereocenters. The van der Waals surface area contributed by atoms with Gasteiger partial charge in [-0.3, -0.25) is 5.14 Å². The molecule has 7 heterocycles. The Balaban J connectivity index is 0.000000752. The Bertz CT molecular complexity index is 5510. The van der Waals surface area contributed by atoms with Crippen LogP contribution < -0.4 is 56.9 Å². The molecule has 12 aromatic carbocycles. The van der Waals surface area contributed by atoms with Crippen molar-refractivity contribution in [3.05, 3.63) is 286 Å². The van der Waals surface area contributed by atoms with Crippen molar-refractivity contribution in [2.75, 3.05) is 0 Å². The third-order valence-electron chi connectivity index (χ3n) is 18.1. The van der Waals surface area contributed by atoms with Gasteiger partial charge in [0.2, 0.25) is 0 Å². The summed E-state index contributed by atoms with van der Waals surface area (Å²) in [7, 11) is 0. The minimum Gasteiger partial charge on any atom is -0.458 e. The van der Waals surface area contributed by atoms with Gasteiger partial charge in [0.25, 0.3) is 13.4 Å². The summed E-state index contributed by atoms with van der Waals surface area (Å²) in [5.41, 5.74) is 16.3. The minimum atomic E-state index is -0.0879. The molecule has 2 N–H and O–H groups in total. The standard InChI is InChI=1S/C74H39B2N5O4S.C4H6.C3H6.H3NS/c77-40-42-29-30-43(41-78)66(35-42)86-47-33-31-44(32-34-47)79-55-22-8-1-15-48(55)67-72(79)68-49-16-2-9-23-56(49)80(45-36-62-70-63(37-45)83-59-26-12-5-19-52(59)75(70)51-18-4-11-25-58(51)82-62)74(68)69-50-17-3-10-24-57(50)81(73(67)69)46-38-64-71-65(39-46)85-61-28-14-7-21-54(61)76(71)53-20-6-13-27-60(53)84-64;1-3-4-2;1-3-2;1-2/h1-39H;3-4H,1-2H2;3H,1H2,2H3;2H,1H2. The summed E-state index contributed by atoms with van der Waals surface area (Å²) in [5, 5.41) is 30.6. The molecule has 0 saturated carbocycles. The molecule has 0 amide bonds. The second-order valence-corrected chi connectivity index (χ2v) is 24.4. The van der Waals surface area contributed by atoms with Gasteiger partial charge in [-0.2, -0.15) is 10.5 Å². The Kier molecular flexibility index (Phi) is 14.6. The van der Waals surface area contributed by atoms with Crippen molar-refractivity contribution in [2.24, 2.45) is 5.14 Å². The monoisotopic (exact) mass is 1260 g/mol. The minimum absolute atomic E-state index is 0.0879. The molecule has 10 nitrogen and oxygen atoms in total. The van der Waals surface area contributed by atoms with Gasteiger partial charge in [-0.25, -0.2) is 0 Å². The summed E-state index contributed by atoms with van der Waals surface area (Å²) in [6.07, 6.45) is 5.03. The Hall–Kier alpha value is -11.8. The lowest BCUT2D eigenvalue weighted by Gasteiger charge is -2.33. The molecule has 4 aliphatic rings. The number of hydrogen-bond acceptors (Lipinski definition) is 9. The Morgan fingerprint density at radius 2 is 0.747 bits per heavy atom. The molecule has 19 rings (SSSR count). The predicted octanol–water partition coefficient (Wildman–Crippen LogP) is 16.7. The second-order valence-electron chi connectivity index (χ2n) is 23.3. The van der Waals surface area contributed by atoms with Crippen LogP contribution in [0.4, 0.5) is 0 Å². The molecule has 450 valence electrons. The van der Waals surface area contributed by atoms with Gasteiger partial charge in [-0.1, -0.05) is 171 Å². The van der Waals surface area contributed by atoms with Crippen molar-refractivity contribution in [1.82, 2.24) is 13.7 Å². The summed E-state index contributed by atoms with van der Waals surface area (Å²) in [4.78, 5) is 1.67. The molecule has 95 heavy (non-hydrogen) atoms. The quantitative estimate of drug-likeness (QED) is 0.0730. The van der Waals surface area contributed by atoms with Crippen LogP contribution in [0.1, 0.15) is 18.1 Å². The van der Waals surface area contributed by atoms with Crippen molar-refractivity contribution in [2.45, 2.75) is 16.7 Å². The van der Waals surface area contributed by atoms with Crippen LogP contribution in [0.2, 0.25) is 0 Å². The van der Waals surface area contributed by atoms with E-state index in [-0.39, 0.29) is 13.4 Å². The van der Waals surface area contributed by atoms with Crippen molar-refractivity contribution in [3.8, 4) is 75.2 Å². The summed E-state index contributed by atoms with van der Waals surface area (Å²) in [5.74, 6) is 6.29. The fourth-order valence-corrected chi connectivity index (χ4v) is 15.5. The van der Waals surface area contributed by atoms with E-state index in [1.165, 1.54) is 11.8 Å². The molecule has 4 aliphatic heterocycles. The fraction of sp³-hybridized carbons (Fsp3) is 0.0123. The normalized spacial score (nSPS) is 12.2. The van der Waals surface area contributed by atoms with Crippen LogP contribution in [0.15, 0.2) is 284 Å². The van der Waals surface area contributed by atoms with E-state index in [2.05, 4.69) is 258 Å². The smallest absolute Gasteiger partial charge is 0.260 e. The number of nitriles is 2. The van der Waals surface area contributed by atoms with Crippen LogP contribution in [-0.4, -0.2) is 27.1 Å². The largest absolute Gasteiger partial charge is 0.458 e. The van der Waals surface area contributed by atoms with E-state index in [1.54, 1.807) is 36.4 Å². The molecular formula is C81H54B2N6O4S2. The van der Waals surface area contributed by atoms with Gasteiger partial charge < -0.3 is 32.6 Å². The molecule has 3 aromatic heterocycles. The molecule has 0 aliphatic carbocycles. The first kappa shape index (κ1) is 58.3. The van der Waals surface area contributed by atoms with Gasteiger partial charge in [0.15, 0.2) is 0 Å². The van der Waals surface area contributed by atoms with Crippen LogP contribution >= 0.6 is 24.6 Å². The summed E-state index contributed by atoms with van der Waals surface area (Å²) in [6.45, 7) is 11.8. The first-order valence-electron chi connectivity index (χ1n) is 31.0. The van der Waals surface area contributed by atoms with E-state index < -0.39 is 0 Å². The fourth-order valence-electron chi connectivity index (χ4n) is 14.5. The van der Waals surface area contributed by atoms with Crippen LogP contribution in [0, 0.1) is 22.7 Å². The Morgan fingerprint density at radius 1 is 0.411 bits per heavy atom. The lowest BCUT2D eigenvalue weighted by Crippen LogP contribution is -2.57. The highest BCUT2D eigenvalue weighted by Crippen LogP contribution is 2.52. The van der Waals surface area contributed by atoms with Crippen molar-refractivity contribution in [3.63, 3.8) is 0 Å². The molecule has 0 bridgehead atoms. The predicted molar refractivity (Wildman–Crippen MR) is 394 cm³/mol. The van der Waals surface area contributed by atoms with E-state index >= 15 is 0 Å². The molecular weight excluding hydrogens is 1210 g/mol. The zero-order valence-electron chi connectivity index (χ0n) is 51.3. The SMILES string of the molecule is C=CC.C=CC=C.N#Cc1ccc(C#N)c(Sc2ccc(-n3c4ccccc4c4c3c3c5ccccc5n(-c5cc6c7c(c5)Oc5ccccc5B7c5ccccc5O6)c3c3c5ccccc5n(-c5cc6c7c(c5)Oc5ccccc5B7c5ccccc5O6)c43)cc2)c1.NS.